The highest BCUT2D eigenvalue weighted by molar-refractivity contribution is 7.10. The number of amides is 2. The lowest BCUT2D eigenvalue weighted by molar-refractivity contribution is 0.0984. The number of hydrogen-bond acceptors (Lipinski definition) is 3. The third-order valence-electron chi connectivity index (χ3n) is 5.70. The van der Waals surface area contributed by atoms with Gasteiger partial charge in [-0.1, -0.05) is 59.1 Å². The molecule has 1 aromatic heterocycles. The number of carbonyl (C=O) groups is 2. The summed E-state index contributed by atoms with van der Waals surface area (Å²) in [5.41, 5.74) is 4.15. The zero-order valence-electron chi connectivity index (χ0n) is 17.6. The number of rotatable bonds is 3. The number of anilines is 2. The molecule has 0 fully saturated rings. The van der Waals surface area contributed by atoms with Crippen LogP contribution in [0.1, 0.15) is 36.7 Å². The van der Waals surface area contributed by atoms with Crippen LogP contribution in [-0.2, 0) is 13.0 Å². The summed E-state index contributed by atoms with van der Waals surface area (Å²) in [5, 5.41) is 5.52. The Morgan fingerprint density at radius 3 is 2.50 bits per heavy atom. The number of para-hydroxylation sites is 1. The van der Waals surface area contributed by atoms with Gasteiger partial charge in [-0.05, 0) is 59.0 Å². The van der Waals surface area contributed by atoms with E-state index in [-0.39, 0.29) is 21.5 Å². The summed E-state index contributed by atoms with van der Waals surface area (Å²) >= 11 is 20.4. The quantitative estimate of drug-likeness (QED) is 0.297. The molecule has 0 atom stereocenters. The van der Waals surface area contributed by atoms with Crippen molar-refractivity contribution in [2.75, 3.05) is 10.2 Å². The maximum absolute atomic E-state index is 13.6. The molecule has 170 valence electrons. The molecule has 0 spiro atoms. The van der Waals surface area contributed by atoms with Gasteiger partial charge in [0.2, 0.25) is 0 Å². The van der Waals surface area contributed by atoms with Crippen molar-refractivity contribution in [3.05, 3.63) is 114 Å². The summed E-state index contributed by atoms with van der Waals surface area (Å²) in [6.45, 7) is 0.469. The average molecular weight is 528 g/mol. The zero-order valence-corrected chi connectivity index (χ0v) is 20.7. The van der Waals surface area contributed by atoms with Crippen molar-refractivity contribution in [1.29, 1.82) is 0 Å². The minimum Gasteiger partial charge on any atom is -0.322 e. The number of nitrogens with one attached hydrogen (secondary N) is 1. The summed E-state index contributed by atoms with van der Waals surface area (Å²) in [7, 11) is 0. The number of hydrogen-bond donors (Lipinski definition) is 1. The summed E-state index contributed by atoms with van der Waals surface area (Å²) in [4.78, 5) is 29.3. The van der Waals surface area contributed by atoms with Crippen molar-refractivity contribution >= 4 is 69.3 Å². The topological polar surface area (TPSA) is 49.4 Å². The Morgan fingerprint density at radius 2 is 1.68 bits per heavy atom. The number of thiophene rings is 1. The molecular formula is C26H17Cl3N2O2S. The van der Waals surface area contributed by atoms with Crippen LogP contribution in [0.5, 0.6) is 0 Å². The predicted molar refractivity (Wildman–Crippen MR) is 140 cm³/mol. The Morgan fingerprint density at radius 1 is 0.853 bits per heavy atom. The van der Waals surface area contributed by atoms with Gasteiger partial charge in [-0.2, -0.15) is 0 Å². The first-order valence-electron chi connectivity index (χ1n) is 10.4. The van der Waals surface area contributed by atoms with Crippen LogP contribution in [0.25, 0.3) is 0 Å². The van der Waals surface area contributed by atoms with Crippen LogP contribution in [0.2, 0.25) is 15.1 Å². The van der Waals surface area contributed by atoms with Crippen molar-refractivity contribution in [2.24, 2.45) is 0 Å². The van der Waals surface area contributed by atoms with Crippen molar-refractivity contribution in [1.82, 2.24) is 0 Å². The molecule has 0 saturated carbocycles. The van der Waals surface area contributed by atoms with E-state index in [4.69, 9.17) is 34.8 Å². The molecule has 4 aromatic rings. The second kappa shape index (κ2) is 9.43. The molecule has 1 N–H and O–H groups in total. The zero-order chi connectivity index (χ0) is 23.8. The van der Waals surface area contributed by atoms with Gasteiger partial charge in [0.05, 0.1) is 32.7 Å². The van der Waals surface area contributed by atoms with E-state index in [9.17, 15) is 9.59 Å². The van der Waals surface area contributed by atoms with E-state index in [1.54, 1.807) is 52.6 Å². The van der Waals surface area contributed by atoms with E-state index in [1.165, 1.54) is 4.88 Å². The lowest BCUT2D eigenvalue weighted by atomic mass is 10.1. The molecule has 0 radical (unpaired) electrons. The van der Waals surface area contributed by atoms with Crippen molar-refractivity contribution in [3.63, 3.8) is 0 Å². The van der Waals surface area contributed by atoms with Gasteiger partial charge in [-0.3, -0.25) is 9.59 Å². The van der Waals surface area contributed by atoms with Gasteiger partial charge in [-0.15, -0.1) is 11.3 Å². The van der Waals surface area contributed by atoms with E-state index < -0.39 is 5.91 Å². The molecule has 2 heterocycles. The van der Waals surface area contributed by atoms with Gasteiger partial charge in [-0.25, -0.2) is 0 Å². The molecule has 0 aliphatic carbocycles. The number of fused-ring (bicyclic) bond motifs is 2. The molecule has 8 heteroatoms. The van der Waals surface area contributed by atoms with Crippen LogP contribution >= 0.6 is 46.1 Å². The van der Waals surface area contributed by atoms with E-state index in [2.05, 4.69) is 16.8 Å². The SMILES string of the molecule is O=C(Nc1ccc(C(=O)N2Cc3ccsc3Cc3ccccc32)c(Cl)c1)c1cccc(Cl)c1Cl. The fourth-order valence-corrected chi connectivity index (χ4v) is 5.55. The second-order valence-electron chi connectivity index (χ2n) is 7.82. The Balaban J connectivity index is 1.43. The average Bonchev–Trinajstić information content (AvgIpc) is 3.19. The van der Waals surface area contributed by atoms with Gasteiger partial charge in [0.1, 0.15) is 0 Å². The maximum Gasteiger partial charge on any atom is 0.260 e. The maximum atomic E-state index is 13.6. The Hall–Kier alpha value is -2.83. The van der Waals surface area contributed by atoms with Crippen molar-refractivity contribution < 1.29 is 9.59 Å². The molecule has 5 rings (SSSR count). The molecule has 2 amide bonds. The van der Waals surface area contributed by atoms with Gasteiger partial charge in [0.25, 0.3) is 11.8 Å². The van der Waals surface area contributed by atoms with Crippen molar-refractivity contribution in [3.8, 4) is 0 Å². The van der Waals surface area contributed by atoms with Crippen LogP contribution in [0.3, 0.4) is 0 Å². The van der Waals surface area contributed by atoms with E-state index in [0.717, 1.165) is 23.2 Å². The minimum absolute atomic E-state index is 0.173. The fraction of sp³-hybridized carbons (Fsp3) is 0.0769. The standard InChI is InChI=1S/C26H17Cl3N2O2S/c27-20-6-3-5-19(24(20)29)25(32)30-17-8-9-18(21(28)13-17)26(33)31-14-16-10-11-34-23(16)12-15-4-1-2-7-22(15)31/h1-11,13H,12,14H2,(H,30,32). The van der Waals surface area contributed by atoms with Gasteiger partial charge in [0.15, 0.2) is 0 Å². The van der Waals surface area contributed by atoms with E-state index in [1.807, 2.05) is 24.3 Å². The number of nitrogens with zero attached hydrogens (tertiary/aromatic N) is 1. The highest BCUT2D eigenvalue weighted by Gasteiger charge is 2.27. The highest BCUT2D eigenvalue weighted by Crippen LogP contribution is 2.35. The Kier molecular flexibility index (Phi) is 6.36. The normalized spacial score (nSPS) is 12.5. The predicted octanol–water partition coefficient (Wildman–Crippen LogP) is 7.71. The van der Waals surface area contributed by atoms with Crippen molar-refractivity contribution in [2.45, 2.75) is 13.0 Å². The molecule has 4 nitrogen and oxygen atoms in total. The second-order valence-corrected chi connectivity index (χ2v) is 10.0. The first kappa shape index (κ1) is 22.9. The molecule has 0 unspecified atom stereocenters. The third-order valence-corrected chi connectivity index (χ3v) is 7.79. The highest BCUT2D eigenvalue weighted by atomic mass is 35.5. The van der Waals surface area contributed by atoms with Crippen LogP contribution in [0.15, 0.2) is 72.1 Å². The first-order valence-corrected chi connectivity index (χ1v) is 12.4. The molecule has 1 aliphatic heterocycles. The van der Waals surface area contributed by atoms with Gasteiger partial charge >= 0.3 is 0 Å². The molecule has 3 aromatic carbocycles. The number of benzene rings is 3. The molecule has 34 heavy (non-hydrogen) atoms. The summed E-state index contributed by atoms with van der Waals surface area (Å²) in [6, 6.07) is 19.7. The van der Waals surface area contributed by atoms with Gasteiger partial charge < -0.3 is 10.2 Å². The summed E-state index contributed by atoms with van der Waals surface area (Å²) in [5.74, 6) is -0.624. The Labute approximate surface area is 215 Å². The molecule has 1 aliphatic rings. The van der Waals surface area contributed by atoms with Crippen LogP contribution in [0.4, 0.5) is 11.4 Å². The number of carbonyl (C=O) groups excluding carboxylic acids is 2. The molecule has 0 saturated heterocycles. The lowest BCUT2D eigenvalue weighted by Gasteiger charge is -2.24. The largest absolute Gasteiger partial charge is 0.322 e. The fourth-order valence-electron chi connectivity index (χ4n) is 3.99. The van der Waals surface area contributed by atoms with E-state index in [0.29, 0.717) is 22.8 Å². The minimum atomic E-state index is -0.422. The first-order chi connectivity index (χ1) is 16.4. The van der Waals surface area contributed by atoms with Gasteiger partial charge in [0, 0.05) is 22.7 Å². The van der Waals surface area contributed by atoms with Crippen LogP contribution in [-0.4, -0.2) is 11.8 Å². The summed E-state index contributed by atoms with van der Waals surface area (Å²) < 4.78 is 0. The molecule has 0 bridgehead atoms. The Bertz CT molecular complexity index is 1430. The summed E-state index contributed by atoms with van der Waals surface area (Å²) in [6.07, 6.45) is 0.789. The molecular weight excluding hydrogens is 511 g/mol. The number of halogens is 3. The lowest BCUT2D eigenvalue weighted by Crippen LogP contribution is -2.30. The third kappa shape index (κ3) is 4.32. The smallest absolute Gasteiger partial charge is 0.260 e. The van der Waals surface area contributed by atoms with Crippen LogP contribution < -0.4 is 10.2 Å². The van der Waals surface area contributed by atoms with E-state index >= 15 is 0 Å². The van der Waals surface area contributed by atoms with Crippen LogP contribution in [0, 0.1) is 0 Å². The monoisotopic (exact) mass is 526 g/mol.